The molecule has 2 aromatic heterocycles. The second-order valence-corrected chi connectivity index (χ2v) is 10.00. The highest BCUT2D eigenvalue weighted by Crippen LogP contribution is 2.32. The summed E-state index contributed by atoms with van der Waals surface area (Å²) in [4.78, 5) is 32.5. The van der Waals surface area contributed by atoms with Crippen LogP contribution in [-0.4, -0.2) is 21.2 Å². The van der Waals surface area contributed by atoms with E-state index in [9.17, 15) is 22.8 Å². The molecule has 0 radical (unpaired) electrons. The second-order valence-electron chi connectivity index (χ2n) is 7.97. The number of nitrogens with one attached hydrogen (secondary N) is 1. The Morgan fingerprint density at radius 3 is 2.51 bits per heavy atom. The molecule has 10 heteroatoms. The molecule has 35 heavy (non-hydrogen) atoms. The molecule has 2 aromatic carbocycles. The molecule has 0 spiro atoms. The minimum atomic E-state index is -4.50. The fourth-order valence-corrected chi connectivity index (χ4v) is 5.64. The van der Waals surface area contributed by atoms with Crippen LogP contribution in [-0.2, 0) is 17.4 Å². The molecular formula is C25H22F3N3O2S2. The highest BCUT2D eigenvalue weighted by Gasteiger charge is 2.30. The zero-order valence-electron chi connectivity index (χ0n) is 19.2. The number of halogens is 3. The standard InChI is InChI=1S/C25H22F3N3O2S2/c1-4-19-15(3)21-22(35-19)30-24(31(23(21)33)18-10-8-14(2)9-11-18)34-13-20(32)29-17-7-5-6-16(12-17)25(26,27)28/h5-12H,4,13H2,1-3H3,(H,29,32). The van der Waals surface area contributed by atoms with E-state index in [4.69, 9.17) is 4.98 Å². The predicted octanol–water partition coefficient (Wildman–Crippen LogP) is 6.38. The molecular weight excluding hydrogens is 495 g/mol. The maximum Gasteiger partial charge on any atom is 0.416 e. The number of benzene rings is 2. The normalized spacial score (nSPS) is 11.7. The van der Waals surface area contributed by atoms with Gasteiger partial charge in [0, 0.05) is 10.6 Å². The van der Waals surface area contributed by atoms with Gasteiger partial charge in [-0.05, 0) is 56.2 Å². The number of hydrogen-bond donors (Lipinski definition) is 1. The van der Waals surface area contributed by atoms with Crippen molar-refractivity contribution in [3.63, 3.8) is 0 Å². The summed E-state index contributed by atoms with van der Waals surface area (Å²) in [5.41, 5.74) is 1.55. The number of alkyl halides is 3. The van der Waals surface area contributed by atoms with Gasteiger partial charge in [-0.25, -0.2) is 4.98 Å². The number of hydrogen-bond acceptors (Lipinski definition) is 5. The van der Waals surface area contributed by atoms with Crippen molar-refractivity contribution in [3.05, 3.63) is 80.5 Å². The van der Waals surface area contributed by atoms with Crippen molar-refractivity contribution < 1.29 is 18.0 Å². The number of carbonyl (C=O) groups excluding carboxylic acids is 1. The van der Waals surface area contributed by atoms with Gasteiger partial charge in [-0.1, -0.05) is 42.4 Å². The minimum Gasteiger partial charge on any atom is -0.325 e. The van der Waals surface area contributed by atoms with Crippen LogP contribution in [0.5, 0.6) is 0 Å². The van der Waals surface area contributed by atoms with E-state index in [1.807, 2.05) is 45.0 Å². The van der Waals surface area contributed by atoms with Crippen LogP contribution >= 0.6 is 23.1 Å². The van der Waals surface area contributed by atoms with Gasteiger partial charge in [-0.15, -0.1) is 11.3 Å². The number of aryl methyl sites for hydroxylation is 3. The summed E-state index contributed by atoms with van der Waals surface area (Å²) in [6, 6.07) is 11.9. The van der Waals surface area contributed by atoms with E-state index in [0.717, 1.165) is 46.3 Å². The van der Waals surface area contributed by atoms with Crippen molar-refractivity contribution in [1.29, 1.82) is 0 Å². The number of nitrogens with zero attached hydrogens (tertiary/aromatic N) is 2. The first-order valence-corrected chi connectivity index (χ1v) is 12.6. The average Bonchev–Trinajstić information content (AvgIpc) is 3.14. The lowest BCUT2D eigenvalue weighted by Crippen LogP contribution is -2.23. The van der Waals surface area contributed by atoms with Gasteiger partial charge in [-0.3, -0.25) is 14.2 Å². The third-order valence-corrected chi connectivity index (χ3v) is 7.72. The Hall–Kier alpha value is -3.11. The van der Waals surface area contributed by atoms with Crippen LogP contribution in [0, 0.1) is 13.8 Å². The maximum absolute atomic E-state index is 13.6. The number of carbonyl (C=O) groups is 1. The van der Waals surface area contributed by atoms with Gasteiger partial charge in [0.1, 0.15) is 4.83 Å². The first-order valence-electron chi connectivity index (χ1n) is 10.8. The van der Waals surface area contributed by atoms with E-state index in [-0.39, 0.29) is 17.0 Å². The van der Waals surface area contributed by atoms with Crippen molar-refractivity contribution in [3.8, 4) is 5.69 Å². The Morgan fingerprint density at radius 1 is 1.14 bits per heavy atom. The zero-order valence-corrected chi connectivity index (χ0v) is 20.8. The molecule has 4 aromatic rings. The Bertz CT molecular complexity index is 1460. The average molecular weight is 518 g/mol. The molecule has 0 fully saturated rings. The van der Waals surface area contributed by atoms with E-state index >= 15 is 0 Å². The molecule has 1 N–H and O–H groups in total. The van der Waals surface area contributed by atoms with Crippen LogP contribution in [0.3, 0.4) is 0 Å². The molecule has 2 heterocycles. The van der Waals surface area contributed by atoms with Gasteiger partial charge in [0.25, 0.3) is 5.56 Å². The van der Waals surface area contributed by atoms with Crippen LogP contribution in [0.2, 0.25) is 0 Å². The smallest absolute Gasteiger partial charge is 0.325 e. The summed E-state index contributed by atoms with van der Waals surface area (Å²) in [5.74, 6) is -0.638. The number of thioether (sulfide) groups is 1. The van der Waals surface area contributed by atoms with Gasteiger partial charge in [-0.2, -0.15) is 13.2 Å². The van der Waals surface area contributed by atoms with E-state index in [2.05, 4.69) is 5.32 Å². The number of anilines is 1. The Balaban J connectivity index is 1.67. The number of thiophene rings is 1. The summed E-state index contributed by atoms with van der Waals surface area (Å²) in [6.07, 6.45) is -3.73. The lowest BCUT2D eigenvalue weighted by atomic mass is 10.2. The third kappa shape index (κ3) is 5.28. The molecule has 1 amide bonds. The molecule has 0 unspecified atom stereocenters. The highest BCUT2D eigenvalue weighted by atomic mass is 32.2. The minimum absolute atomic E-state index is 0.0474. The molecule has 0 saturated heterocycles. The fraction of sp³-hybridized carbons (Fsp3) is 0.240. The van der Waals surface area contributed by atoms with Crippen molar-refractivity contribution in [2.24, 2.45) is 0 Å². The molecule has 0 aliphatic heterocycles. The van der Waals surface area contributed by atoms with Gasteiger partial charge in [0.05, 0.1) is 22.4 Å². The van der Waals surface area contributed by atoms with Crippen molar-refractivity contribution in [1.82, 2.24) is 9.55 Å². The molecule has 0 aliphatic rings. The largest absolute Gasteiger partial charge is 0.416 e. The second kappa shape index (κ2) is 9.87. The van der Waals surface area contributed by atoms with Crippen LogP contribution in [0.25, 0.3) is 15.9 Å². The Morgan fingerprint density at radius 2 is 1.86 bits per heavy atom. The maximum atomic E-state index is 13.6. The van der Waals surface area contributed by atoms with Crippen LogP contribution in [0.4, 0.5) is 18.9 Å². The summed E-state index contributed by atoms with van der Waals surface area (Å²) in [6.45, 7) is 5.87. The molecule has 182 valence electrons. The van der Waals surface area contributed by atoms with Crippen molar-refractivity contribution in [2.45, 2.75) is 38.5 Å². The van der Waals surface area contributed by atoms with Gasteiger partial charge >= 0.3 is 6.18 Å². The number of amides is 1. The van der Waals surface area contributed by atoms with E-state index < -0.39 is 17.6 Å². The zero-order chi connectivity index (χ0) is 25.3. The third-order valence-electron chi connectivity index (χ3n) is 5.45. The quantitative estimate of drug-likeness (QED) is 0.238. The monoisotopic (exact) mass is 517 g/mol. The van der Waals surface area contributed by atoms with Crippen LogP contribution in [0.15, 0.2) is 58.5 Å². The van der Waals surface area contributed by atoms with Gasteiger partial charge < -0.3 is 5.32 Å². The molecule has 0 aliphatic carbocycles. The van der Waals surface area contributed by atoms with Gasteiger partial charge in [0.2, 0.25) is 5.91 Å². The van der Waals surface area contributed by atoms with Crippen molar-refractivity contribution in [2.75, 3.05) is 11.1 Å². The molecule has 0 atom stereocenters. The summed E-state index contributed by atoms with van der Waals surface area (Å²) in [5, 5.41) is 3.40. The number of rotatable bonds is 6. The number of fused-ring (bicyclic) bond motifs is 1. The molecule has 0 bridgehead atoms. The van der Waals surface area contributed by atoms with E-state index in [0.29, 0.717) is 21.1 Å². The predicted molar refractivity (Wildman–Crippen MR) is 135 cm³/mol. The van der Waals surface area contributed by atoms with E-state index in [1.54, 1.807) is 0 Å². The first kappa shape index (κ1) is 25.0. The van der Waals surface area contributed by atoms with Gasteiger partial charge in [0.15, 0.2) is 5.16 Å². The van der Waals surface area contributed by atoms with Crippen molar-refractivity contribution >= 4 is 44.9 Å². The van der Waals surface area contributed by atoms with Crippen LogP contribution in [0.1, 0.15) is 28.5 Å². The van der Waals surface area contributed by atoms with E-state index in [1.165, 1.54) is 28.0 Å². The molecule has 0 saturated carbocycles. The molecule has 5 nitrogen and oxygen atoms in total. The lowest BCUT2D eigenvalue weighted by molar-refractivity contribution is -0.137. The lowest BCUT2D eigenvalue weighted by Gasteiger charge is -2.13. The SMILES string of the molecule is CCc1sc2nc(SCC(=O)Nc3cccc(C(F)(F)F)c3)n(-c3ccc(C)cc3)c(=O)c2c1C. The highest BCUT2D eigenvalue weighted by molar-refractivity contribution is 7.99. The fourth-order valence-electron chi connectivity index (χ4n) is 3.67. The Labute approximate surface area is 208 Å². The summed E-state index contributed by atoms with van der Waals surface area (Å²) < 4.78 is 40.4. The Kier molecular flexibility index (Phi) is 7.05. The van der Waals surface area contributed by atoms with Crippen LogP contribution < -0.4 is 10.9 Å². The first-order chi connectivity index (χ1) is 16.6. The summed E-state index contributed by atoms with van der Waals surface area (Å²) in [7, 11) is 0. The molecule has 4 rings (SSSR count). The summed E-state index contributed by atoms with van der Waals surface area (Å²) >= 11 is 2.51. The number of aromatic nitrogens is 2. The topological polar surface area (TPSA) is 64.0 Å².